The van der Waals surface area contributed by atoms with Crippen molar-refractivity contribution in [2.75, 3.05) is 0 Å². The van der Waals surface area contributed by atoms with E-state index in [1.165, 1.54) is 34.9 Å². The van der Waals surface area contributed by atoms with E-state index in [9.17, 15) is 0 Å². The van der Waals surface area contributed by atoms with Gasteiger partial charge in [0, 0.05) is 36.0 Å². The quantitative estimate of drug-likeness (QED) is 0.704. The summed E-state index contributed by atoms with van der Waals surface area (Å²) in [7, 11) is 0. The molecule has 1 N–H and O–H groups in total. The zero-order valence-corrected chi connectivity index (χ0v) is 11.0. The molecule has 2 nitrogen and oxygen atoms in total. The third-order valence-electron chi connectivity index (χ3n) is 4.00. The van der Waals surface area contributed by atoms with Gasteiger partial charge >= 0.3 is 0 Å². The van der Waals surface area contributed by atoms with Gasteiger partial charge in [0.25, 0.3) is 0 Å². The summed E-state index contributed by atoms with van der Waals surface area (Å²) < 4.78 is 0. The van der Waals surface area contributed by atoms with Crippen LogP contribution in [0, 0.1) is 6.92 Å². The first-order valence-corrected chi connectivity index (χ1v) is 6.85. The van der Waals surface area contributed by atoms with Crippen LogP contribution in [-0.2, 0) is 0 Å². The topological polar surface area (TPSA) is 28.7 Å². The molecule has 0 atom stereocenters. The fourth-order valence-electron chi connectivity index (χ4n) is 2.82. The molecule has 0 bridgehead atoms. The third kappa shape index (κ3) is 1.84. The summed E-state index contributed by atoms with van der Waals surface area (Å²) in [5, 5.41) is 1.29. The predicted molar refractivity (Wildman–Crippen MR) is 80.4 cm³/mol. The second kappa shape index (κ2) is 3.95. The van der Waals surface area contributed by atoms with Crippen molar-refractivity contribution in [3.63, 3.8) is 0 Å². The smallest absolute Gasteiger partial charge is 0.0480 e. The molecule has 2 heterocycles. The summed E-state index contributed by atoms with van der Waals surface area (Å²) in [6.45, 7) is 2.23. The predicted octanol–water partition coefficient (Wildman–Crippen LogP) is 4.66. The lowest BCUT2D eigenvalue weighted by molar-refractivity contribution is 1.10. The second-order valence-electron chi connectivity index (χ2n) is 5.50. The van der Waals surface area contributed by atoms with Crippen LogP contribution in [-0.4, -0.2) is 9.97 Å². The first kappa shape index (κ1) is 10.8. The second-order valence-corrected chi connectivity index (χ2v) is 5.50. The first-order chi connectivity index (χ1) is 9.31. The van der Waals surface area contributed by atoms with Crippen LogP contribution in [0.5, 0.6) is 0 Å². The van der Waals surface area contributed by atoms with Crippen LogP contribution >= 0.6 is 0 Å². The summed E-state index contributed by atoms with van der Waals surface area (Å²) in [5.74, 6) is 0.801. The van der Waals surface area contributed by atoms with Gasteiger partial charge in [-0.3, -0.25) is 4.98 Å². The highest BCUT2D eigenvalue weighted by molar-refractivity contribution is 5.87. The van der Waals surface area contributed by atoms with Crippen LogP contribution in [0.15, 0.2) is 42.7 Å². The van der Waals surface area contributed by atoms with Gasteiger partial charge < -0.3 is 4.98 Å². The Labute approximate surface area is 114 Å². The van der Waals surface area contributed by atoms with Crippen molar-refractivity contribution in [2.45, 2.75) is 25.7 Å². The molecule has 4 rings (SSSR count). The van der Waals surface area contributed by atoms with Gasteiger partial charge in [-0.05, 0) is 67.1 Å². The fraction of sp³-hybridized carbons (Fsp3) is 0.235. The zero-order valence-electron chi connectivity index (χ0n) is 11.0. The molecule has 3 aromatic rings. The van der Waals surface area contributed by atoms with E-state index in [2.05, 4.69) is 41.2 Å². The Morgan fingerprint density at radius 1 is 1.26 bits per heavy atom. The molecule has 0 amide bonds. The minimum Gasteiger partial charge on any atom is -0.354 e. The highest BCUT2D eigenvalue weighted by Crippen LogP contribution is 2.42. The van der Waals surface area contributed by atoms with E-state index in [0.717, 1.165) is 17.2 Å². The maximum atomic E-state index is 4.18. The van der Waals surface area contributed by atoms with Crippen molar-refractivity contribution in [3.05, 3.63) is 53.9 Å². The Bertz CT molecular complexity index is 742. The van der Waals surface area contributed by atoms with Crippen LogP contribution in [0.3, 0.4) is 0 Å². The Kier molecular flexibility index (Phi) is 2.25. The molecule has 19 heavy (non-hydrogen) atoms. The van der Waals surface area contributed by atoms with Gasteiger partial charge in [0.15, 0.2) is 0 Å². The highest BCUT2D eigenvalue weighted by Gasteiger charge is 2.25. The van der Waals surface area contributed by atoms with Gasteiger partial charge in [0.2, 0.25) is 0 Å². The van der Waals surface area contributed by atoms with Crippen molar-refractivity contribution in [3.8, 4) is 11.3 Å². The van der Waals surface area contributed by atoms with Crippen molar-refractivity contribution in [1.82, 2.24) is 9.97 Å². The van der Waals surface area contributed by atoms with Gasteiger partial charge in [-0.15, -0.1) is 0 Å². The van der Waals surface area contributed by atoms with Gasteiger partial charge in [-0.25, -0.2) is 0 Å². The number of fused-ring (bicyclic) bond motifs is 1. The summed E-state index contributed by atoms with van der Waals surface area (Å²) in [6.07, 6.45) is 6.41. The summed E-state index contributed by atoms with van der Waals surface area (Å²) in [4.78, 5) is 7.71. The third-order valence-corrected chi connectivity index (χ3v) is 4.00. The van der Waals surface area contributed by atoms with Crippen molar-refractivity contribution in [1.29, 1.82) is 0 Å². The molecule has 0 saturated heterocycles. The van der Waals surface area contributed by atoms with Crippen molar-refractivity contribution in [2.24, 2.45) is 0 Å². The van der Waals surface area contributed by atoms with Crippen molar-refractivity contribution < 1.29 is 1.43 Å². The molecule has 96 valence electrons. The van der Waals surface area contributed by atoms with Crippen LogP contribution in [0.25, 0.3) is 22.2 Å². The number of aryl methyl sites for hydroxylation is 1. The molecule has 0 spiro atoms. The van der Waals surface area contributed by atoms with E-state index >= 15 is 0 Å². The SMILES string of the molecule is Cc1cc2cc(-c3cccnc3)[nH]c2cc1C1CC1.[HH]. The number of aromatic nitrogens is 2. The number of hydrogen-bond donors (Lipinski definition) is 1. The molecular weight excluding hydrogens is 232 g/mol. The summed E-state index contributed by atoms with van der Waals surface area (Å²) >= 11 is 0. The van der Waals surface area contributed by atoms with E-state index < -0.39 is 0 Å². The number of nitrogens with one attached hydrogen (secondary N) is 1. The van der Waals surface area contributed by atoms with E-state index in [-0.39, 0.29) is 1.43 Å². The lowest BCUT2D eigenvalue weighted by Crippen LogP contribution is -1.85. The normalized spacial score (nSPS) is 15.0. The highest BCUT2D eigenvalue weighted by atomic mass is 14.7. The molecule has 1 saturated carbocycles. The minimum atomic E-state index is 0. The monoisotopic (exact) mass is 250 g/mol. The van der Waals surface area contributed by atoms with Crippen LogP contribution < -0.4 is 0 Å². The number of aromatic amines is 1. The molecule has 0 unspecified atom stereocenters. The Morgan fingerprint density at radius 3 is 2.89 bits per heavy atom. The molecule has 2 aromatic heterocycles. The summed E-state index contributed by atoms with van der Waals surface area (Å²) in [6, 6.07) is 10.9. The number of H-pyrrole nitrogens is 1. The molecule has 1 aliphatic rings. The van der Waals surface area contributed by atoms with Gasteiger partial charge in [0.1, 0.15) is 0 Å². The number of hydrogen-bond acceptors (Lipinski definition) is 1. The standard InChI is InChI=1S/C17H16N2.H2/c1-11-7-14-8-16(13-3-2-6-18-10-13)19-17(14)9-15(11)12-4-5-12;/h2-3,6-10,12,19H,4-5H2,1H3;1H. The van der Waals surface area contributed by atoms with Gasteiger partial charge in [-0.2, -0.15) is 0 Å². The number of pyridine rings is 1. The molecule has 0 radical (unpaired) electrons. The molecule has 2 heteroatoms. The van der Waals surface area contributed by atoms with Crippen LogP contribution in [0.1, 0.15) is 31.3 Å². The number of benzene rings is 1. The van der Waals surface area contributed by atoms with E-state index in [4.69, 9.17) is 0 Å². The molecule has 0 aliphatic heterocycles. The largest absolute Gasteiger partial charge is 0.354 e. The van der Waals surface area contributed by atoms with E-state index in [0.29, 0.717) is 0 Å². The van der Waals surface area contributed by atoms with Gasteiger partial charge in [0.05, 0.1) is 0 Å². The molecular formula is C17H18N2. The first-order valence-electron chi connectivity index (χ1n) is 6.85. The Hall–Kier alpha value is -2.09. The zero-order chi connectivity index (χ0) is 12.8. The number of rotatable bonds is 2. The maximum absolute atomic E-state index is 4.18. The molecule has 1 aromatic carbocycles. The lowest BCUT2D eigenvalue weighted by Gasteiger charge is -2.03. The fourth-order valence-corrected chi connectivity index (χ4v) is 2.82. The summed E-state index contributed by atoms with van der Waals surface area (Å²) in [5.41, 5.74) is 6.48. The van der Waals surface area contributed by atoms with Gasteiger partial charge in [-0.1, -0.05) is 0 Å². The van der Waals surface area contributed by atoms with Crippen LogP contribution in [0.4, 0.5) is 0 Å². The van der Waals surface area contributed by atoms with E-state index in [1.807, 2.05) is 18.5 Å². The lowest BCUT2D eigenvalue weighted by atomic mass is 10.0. The van der Waals surface area contributed by atoms with E-state index in [1.54, 1.807) is 0 Å². The molecule has 1 fully saturated rings. The average Bonchev–Trinajstić information content (AvgIpc) is 3.19. The van der Waals surface area contributed by atoms with Crippen molar-refractivity contribution >= 4 is 10.9 Å². The minimum absolute atomic E-state index is 0. The average molecular weight is 250 g/mol. The Morgan fingerprint density at radius 2 is 2.16 bits per heavy atom. The maximum Gasteiger partial charge on any atom is 0.0480 e. The molecule has 1 aliphatic carbocycles. The Balaban J connectivity index is 0.00000121. The number of nitrogens with zero attached hydrogens (tertiary/aromatic N) is 1. The van der Waals surface area contributed by atoms with Crippen LogP contribution in [0.2, 0.25) is 0 Å².